The topological polar surface area (TPSA) is 87.8 Å². The third-order valence-corrected chi connectivity index (χ3v) is 3.25. The number of hydrogen-bond donors (Lipinski definition) is 2. The zero-order valence-electron chi connectivity index (χ0n) is 12.6. The Morgan fingerprint density at radius 3 is 2.50 bits per heavy atom. The van der Waals surface area contributed by atoms with Gasteiger partial charge in [-0.2, -0.15) is 18.2 Å². The van der Waals surface area contributed by atoms with E-state index < -0.39 is 12.1 Å². The van der Waals surface area contributed by atoms with Crippen molar-refractivity contribution in [1.82, 2.24) is 26.2 Å². The second-order valence-corrected chi connectivity index (χ2v) is 4.98. The Labute approximate surface area is 134 Å². The molecule has 0 bridgehead atoms. The Morgan fingerprint density at radius 1 is 1.25 bits per heavy atom. The highest BCUT2D eigenvalue weighted by Gasteiger charge is 2.38. The predicted octanol–water partition coefficient (Wildman–Crippen LogP) is 2.06. The maximum Gasteiger partial charge on any atom is 0.471 e. The van der Waals surface area contributed by atoms with Gasteiger partial charge in [0, 0.05) is 12.6 Å². The fraction of sp³-hybridized carbons (Fsp3) is 0.308. The third kappa shape index (κ3) is 3.25. The summed E-state index contributed by atoms with van der Waals surface area (Å²) in [7, 11) is 1.73. The van der Waals surface area contributed by atoms with E-state index in [4.69, 9.17) is 4.74 Å². The molecule has 0 saturated heterocycles. The molecule has 11 heteroatoms. The average molecular weight is 342 g/mol. The summed E-state index contributed by atoms with van der Waals surface area (Å²) in [4.78, 5) is 3.34. The fourth-order valence-electron chi connectivity index (χ4n) is 1.96. The third-order valence-electron chi connectivity index (χ3n) is 3.25. The van der Waals surface area contributed by atoms with Crippen LogP contribution in [0.1, 0.15) is 24.5 Å². The van der Waals surface area contributed by atoms with Gasteiger partial charge < -0.3 is 9.26 Å². The van der Waals surface area contributed by atoms with E-state index in [-0.39, 0.29) is 11.9 Å². The summed E-state index contributed by atoms with van der Waals surface area (Å²) < 4.78 is 47.3. The van der Waals surface area contributed by atoms with E-state index in [1.54, 1.807) is 36.3 Å². The second-order valence-electron chi connectivity index (χ2n) is 4.98. The van der Waals surface area contributed by atoms with E-state index in [0.717, 1.165) is 5.56 Å². The summed E-state index contributed by atoms with van der Waals surface area (Å²) in [6.07, 6.45) is -4.98. The smallest absolute Gasteiger partial charge is 0.455 e. The molecule has 0 saturated carbocycles. The number of halogens is 3. The van der Waals surface area contributed by atoms with Gasteiger partial charge in [0.2, 0.25) is 5.82 Å². The van der Waals surface area contributed by atoms with E-state index in [0.29, 0.717) is 11.6 Å². The standard InChI is InChI=1S/C13H13F3N6O2/c1-7(23-12-18-20-21-22(12)2)8-3-5-9(6-4-8)10-17-11(24-19-10)13(14,15)16/h3-7,20-21H,1-2H3. The molecule has 0 fully saturated rings. The Kier molecular flexibility index (Phi) is 4.01. The Balaban J connectivity index is 1.72. The van der Waals surface area contributed by atoms with Gasteiger partial charge in [0.1, 0.15) is 6.10 Å². The van der Waals surface area contributed by atoms with Crippen molar-refractivity contribution >= 4 is 6.02 Å². The SMILES string of the molecule is CC(OC1=NNNN1C)c1ccc(-c2noc(C(F)(F)F)n2)cc1. The molecule has 0 radical (unpaired) electrons. The van der Waals surface area contributed by atoms with Crippen LogP contribution in [0.5, 0.6) is 0 Å². The Bertz CT molecular complexity index is 743. The van der Waals surface area contributed by atoms with Crippen molar-refractivity contribution in [1.29, 1.82) is 0 Å². The lowest BCUT2D eigenvalue weighted by molar-refractivity contribution is -0.159. The first-order valence-electron chi connectivity index (χ1n) is 6.84. The van der Waals surface area contributed by atoms with Crippen LogP contribution < -0.4 is 11.1 Å². The number of rotatable bonds is 3. The predicted molar refractivity (Wildman–Crippen MR) is 75.7 cm³/mol. The van der Waals surface area contributed by atoms with E-state index in [2.05, 4.69) is 30.8 Å². The molecule has 0 aliphatic carbocycles. The number of benzene rings is 1. The molecule has 2 aromatic rings. The number of hydrazine groups is 2. The molecule has 1 aliphatic heterocycles. The minimum absolute atomic E-state index is 0.129. The highest BCUT2D eigenvalue weighted by molar-refractivity contribution is 5.74. The van der Waals surface area contributed by atoms with Crippen LogP contribution in [0, 0.1) is 0 Å². The molecule has 24 heavy (non-hydrogen) atoms. The lowest BCUT2D eigenvalue weighted by atomic mass is 10.1. The van der Waals surface area contributed by atoms with Crippen LogP contribution in [0.2, 0.25) is 0 Å². The van der Waals surface area contributed by atoms with Gasteiger partial charge in [-0.25, -0.2) is 10.5 Å². The summed E-state index contributed by atoms with van der Waals surface area (Å²) in [5.74, 6) is -1.50. The molecule has 1 aliphatic rings. The number of ether oxygens (including phenoxy) is 1. The van der Waals surface area contributed by atoms with Gasteiger partial charge in [-0.3, -0.25) is 0 Å². The zero-order valence-corrected chi connectivity index (χ0v) is 12.6. The van der Waals surface area contributed by atoms with Crippen LogP contribution in [0.25, 0.3) is 11.4 Å². The highest BCUT2D eigenvalue weighted by atomic mass is 19.4. The molecule has 1 aromatic heterocycles. The van der Waals surface area contributed by atoms with Crippen LogP contribution in [0.4, 0.5) is 13.2 Å². The minimum atomic E-state index is -4.66. The number of aromatic nitrogens is 2. The molecule has 128 valence electrons. The zero-order chi connectivity index (χ0) is 17.3. The summed E-state index contributed by atoms with van der Waals surface area (Å²) in [5.41, 5.74) is 6.46. The number of hydrazone groups is 1. The highest BCUT2D eigenvalue weighted by Crippen LogP contribution is 2.29. The number of nitrogens with one attached hydrogen (secondary N) is 2. The van der Waals surface area contributed by atoms with Crippen molar-refractivity contribution in [3.05, 3.63) is 35.7 Å². The lowest BCUT2D eigenvalue weighted by Crippen LogP contribution is -2.38. The molecule has 3 rings (SSSR count). The molecular formula is C13H13F3N6O2. The van der Waals surface area contributed by atoms with E-state index >= 15 is 0 Å². The lowest BCUT2D eigenvalue weighted by Gasteiger charge is -2.18. The summed E-state index contributed by atoms with van der Waals surface area (Å²) in [6, 6.07) is 6.97. The quantitative estimate of drug-likeness (QED) is 0.883. The number of alkyl halides is 3. The minimum Gasteiger partial charge on any atom is -0.455 e. The molecule has 1 unspecified atom stereocenters. The van der Waals surface area contributed by atoms with E-state index in [1.165, 1.54) is 0 Å². The first-order chi connectivity index (χ1) is 11.3. The van der Waals surface area contributed by atoms with Crippen molar-refractivity contribution in [2.45, 2.75) is 19.2 Å². The first kappa shape index (κ1) is 16.1. The van der Waals surface area contributed by atoms with Gasteiger partial charge in [-0.15, -0.1) is 10.6 Å². The second kappa shape index (κ2) is 6.00. The van der Waals surface area contributed by atoms with Crippen LogP contribution >= 0.6 is 0 Å². The normalized spacial score (nSPS) is 15.9. The number of amidine groups is 1. The first-order valence-corrected chi connectivity index (χ1v) is 6.84. The Morgan fingerprint density at radius 2 is 1.96 bits per heavy atom. The van der Waals surface area contributed by atoms with E-state index in [1.807, 2.05) is 6.92 Å². The summed E-state index contributed by atoms with van der Waals surface area (Å²) in [5, 5.41) is 8.79. The maximum absolute atomic E-state index is 12.5. The molecule has 0 spiro atoms. The van der Waals surface area contributed by atoms with Crippen molar-refractivity contribution < 1.29 is 22.4 Å². The van der Waals surface area contributed by atoms with Crippen LogP contribution in [0.15, 0.2) is 33.9 Å². The van der Waals surface area contributed by atoms with Crippen molar-refractivity contribution in [3.8, 4) is 11.4 Å². The fourth-order valence-corrected chi connectivity index (χ4v) is 1.96. The molecule has 8 nitrogen and oxygen atoms in total. The van der Waals surface area contributed by atoms with Crippen LogP contribution in [-0.4, -0.2) is 28.2 Å². The van der Waals surface area contributed by atoms with E-state index in [9.17, 15) is 13.2 Å². The van der Waals surface area contributed by atoms with Gasteiger partial charge in [0.05, 0.1) is 0 Å². The molecule has 1 aromatic carbocycles. The van der Waals surface area contributed by atoms with Crippen molar-refractivity contribution in [2.24, 2.45) is 5.10 Å². The largest absolute Gasteiger partial charge is 0.471 e. The van der Waals surface area contributed by atoms with Gasteiger partial charge in [0.15, 0.2) is 0 Å². The monoisotopic (exact) mass is 342 g/mol. The van der Waals surface area contributed by atoms with Crippen LogP contribution in [0.3, 0.4) is 0 Å². The molecule has 0 amide bonds. The summed E-state index contributed by atoms with van der Waals surface area (Å²) in [6.45, 7) is 1.82. The van der Waals surface area contributed by atoms with Crippen LogP contribution in [-0.2, 0) is 10.9 Å². The number of hydrogen-bond acceptors (Lipinski definition) is 8. The number of nitrogens with zero attached hydrogens (tertiary/aromatic N) is 4. The summed E-state index contributed by atoms with van der Waals surface area (Å²) >= 11 is 0. The molecule has 1 atom stereocenters. The molecule has 2 N–H and O–H groups in total. The van der Waals surface area contributed by atoms with Gasteiger partial charge in [-0.05, 0) is 12.5 Å². The Hall–Kier alpha value is -2.82. The average Bonchev–Trinajstić information content (AvgIpc) is 3.17. The van der Waals surface area contributed by atoms with Crippen molar-refractivity contribution in [2.75, 3.05) is 7.05 Å². The van der Waals surface area contributed by atoms with Crippen molar-refractivity contribution in [3.63, 3.8) is 0 Å². The molecular weight excluding hydrogens is 329 g/mol. The van der Waals surface area contributed by atoms with Gasteiger partial charge in [0.25, 0.3) is 0 Å². The molecule has 2 heterocycles. The van der Waals surface area contributed by atoms with Gasteiger partial charge >= 0.3 is 18.1 Å². The maximum atomic E-state index is 12.5. The van der Waals surface area contributed by atoms with Gasteiger partial charge in [-0.1, -0.05) is 29.4 Å².